The third-order valence-corrected chi connectivity index (χ3v) is 4.73. The van der Waals surface area contributed by atoms with Crippen molar-refractivity contribution in [1.82, 2.24) is 15.3 Å². The van der Waals surface area contributed by atoms with Crippen LogP contribution < -0.4 is 10.6 Å². The van der Waals surface area contributed by atoms with Gasteiger partial charge in [-0.3, -0.25) is 4.79 Å². The molecule has 0 fully saturated rings. The summed E-state index contributed by atoms with van der Waals surface area (Å²) in [7, 11) is 0. The van der Waals surface area contributed by atoms with Gasteiger partial charge in [0, 0.05) is 29.6 Å². The zero-order chi connectivity index (χ0) is 21.6. The molecule has 1 aromatic heterocycles. The first kappa shape index (κ1) is 20.2. The molecular weight excluding hydrogens is 391 g/mol. The van der Waals surface area contributed by atoms with Gasteiger partial charge in [-0.25, -0.2) is 14.4 Å². The summed E-state index contributed by atoms with van der Waals surface area (Å²) in [5.41, 5.74) is 4.19. The zero-order valence-electron chi connectivity index (χ0n) is 17.0. The van der Waals surface area contributed by atoms with Crippen LogP contribution in [-0.2, 0) is 6.54 Å². The number of hydrogen-bond acceptors (Lipinski definition) is 4. The summed E-state index contributed by atoms with van der Waals surface area (Å²) in [4.78, 5) is 21.4. The first-order valence-electron chi connectivity index (χ1n) is 9.87. The molecule has 0 bridgehead atoms. The second-order valence-electron chi connectivity index (χ2n) is 7.15. The van der Waals surface area contributed by atoms with Crippen LogP contribution in [0.5, 0.6) is 0 Å². The van der Waals surface area contributed by atoms with Gasteiger partial charge in [0.1, 0.15) is 11.6 Å². The van der Waals surface area contributed by atoms with Crippen molar-refractivity contribution in [1.29, 1.82) is 0 Å². The van der Waals surface area contributed by atoms with Crippen molar-refractivity contribution in [2.24, 2.45) is 0 Å². The van der Waals surface area contributed by atoms with Gasteiger partial charge in [-0.05, 0) is 48.9 Å². The second kappa shape index (κ2) is 9.17. The third-order valence-electron chi connectivity index (χ3n) is 4.73. The van der Waals surface area contributed by atoms with E-state index < -0.39 is 0 Å². The number of aromatic nitrogens is 2. The summed E-state index contributed by atoms with van der Waals surface area (Å²) in [6, 6.07) is 23.0. The molecule has 154 valence electrons. The summed E-state index contributed by atoms with van der Waals surface area (Å²) >= 11 is 0. The zero-order valence-corrected chi connectivity index (χ0v) is 17.0. The van der Waals surface area contributed by atoms with Crippen molar-refractivity contribution in [3.8, 4) is 11.4 Å². The van der Waals surface area contributed by atoms with E-state index in [0.29, 0.717) is 23.8 Å². The van der Waals surface area contributed by atoms with E-state index in [-0.39, 0.29) is 11.7 Å². The standard InChI is InChI=1S/C25H21FN4O/c1-17-5-9-19(10-6-17)24-27-14-13-23(30-24)29-22-4-2-3-20(15-22)25(31)28-16-18-7-11-21(26)12-8-18/h2-15H,16H2,1H3,(H,28,31)(H,27,29,30). The van der Waals surface area contributed by atoms with Crippen molar-refractivity contribution in [2.75, 3.05) is 5.32 Å². The Hall–Kier alpha value is -4.06. The van der Waals surface area contributed by atoms with Crippen LogP contribution in [0, 0.1) is 12.7 Å². The number of amides is 1. The van der Waals surface area contributed by atoms with E-state index in [1.54, 1.807) is 42.6 Å². The number of carbonyl (C=O) groups is 1. The number of benzene rings is 3. The lowest BCUT2D eigenvalue weighted by molar-refractivity contribution is 0.0951. The van der Waals surface area contributed by atoms with Crippen LogP contribution in [0.25, 0.3) is 11.4 Å². The van der Waals surface area contributed by atoms with Gasteiger partial charge in [0.05, 0.1) is 0 Å². The van der Waals surface area contributed by atoms with Crippen molar-refractivity contribution >= 4 is 17.4 Å². The van der Waals surface area contributed by atoms with Gasteiger partial charge in [0.2, 0.25) is 0 Å². The molecular formula is C25H21FN4O. The Labute approximate surface area is 180 Å². The molecule has 0 saturated carbocycles. The molecule has 1 heterocycles. The maximum atomic E-state index is 13.0. The number of aryl methyl sites for hydroxylation is 1. The summed E-state index contributed by atoms with van der Waals surface area (Å²) in [6.45, 7) is 2.36. The lowest BCUT2D eigenvalue weighted by atomic mass is 10.1. The van der Waals surface area contributed by atoms with E-state index in [1.165, 1.54) is 17.7 Å². The lowest BCUT2D eigenvalue weighted by Gasteiger charge is -2.10. The van der Waals surface area contributed by atoms with Crippen molar-refractivity contribution < 1.29 is 9.18 Å². The Morgan fingerprint density at radius 1 is 0.968 bits per heavy atom. The molecule has 4 aromatic rings. The average molecular weight is 412 g/mol. The molecule has 0 unspecified atom stereocenters. The molecule has 0 aliphatic carbocycles. The number of carbonyl (C=O) groups excluding carboxylic acids is 1. The number of nitrogens with zero attached hydrogens (tertiary/aromatic N) is 2. The fourth-order valence-electron chi connectivity index (χ4n) is 3.04. The Morgan fingerprint density at radius 3 is 2.52 bits per heavy atom. The third kappa shape index (κ3) is 5.30. The molecule has 3 aromatic carbocycles. The highest BCUT2D eigenvalue weighted by Gasteiger charge is 2.08. The molecule has 2 N–H and O–H groups in total. The number of hydrogen-bond donors (Lipinski definition) is 2. The SMILES string of the molecule is Cc1ccc(-c2nccc(Nc3cccc(C(=O)NCc4ccc(F)cc4)c3)n2)cc1. The van der Waals surface area contributed by atoms with E-state index in [4.69, 9.17) is 0 Å². The van der Waals surface area contributed by atoms with Crippen LogP contribution in [0.3, 0.4) is 0 Å². The van der Waals surface area contributed by atoms with Gasteiger partial charge in [0.25, 0.3) is 5.91 Å². The first-order chi connectivity index (χ1) is 15.1. The van der Waals surface area contributed by atoms with Crippen molar-refractivity contribution in [3.63, 3.8) is 0 Å². The van der Waals surface area contributed by atoms with Crippen molar-refractivity contribution in [3.05, 3.63) is 108 Å². The quantitative estimate of drug-likeness (QED) is 0.453. The number of halogens is 1. The largest absolute Gasteiger partial charge is 0.348 e. The summed E-state index contributed by atoms with van der Waals surface area (Å²) in [5, 5.41) is 6.07. The summed E-state index contributed by atoms with van der Waals surface area (Å²) in [5.74, 6) is 0.743. The molecule has 31 heavy (non-hydrogen) atoms. The van der Waals surface area contributed by atoms with Gasteiger partial charge in [-0.2, -0.15) is 0 Å². The van der Waals surface area contributed by atoms with Crippen LogP contribution >= 0.6 is 0 Å². The Morgan fingerprint density at radius 2 is 1.74 bits per heavy atom. The number of rotatable bonds is 6. The molecule has 0 aliphatic rings. The van der Waals surface area contributed by atoms with Crippen LogP contribution in [0.4, 0.5) is 15.9 Å². The van der Waals surface area contributed by atoms with Gasteiger partial charge < -0.3 is 10.6 Å². The molecule has 1 amide bonds. The molecule has 0 aliphatic heterocycles. The van der Waals surface area contributed by atoms with E-state index in [2.05, 4.69) is 20.6 Å². The number of nitrogens with one attached hydrogen (secondary N) is 2. The number of anilines is 2. The van der Waals surface area contributed by atoms with Gasteiger partial charge in [0.15, 0.2) is 5.82 Å². The monoisotopic (exact) mass is 412 g/mol. The molecule has 0 saturated heterocycles. The topological polar surface area (TPSA) is 66.9 Å². The predicted molar refractivity (Wildman–Crippen MR) is 119 cm³/mol. The Kier molecular flexibility index (Phi) is 5.98. The molecule has 0 radical (unpaired) electrons. The van der Waals surface area contributed by atoms with E-state index in [9.17, 15) is 9.18 Å². The second-order valence-corrected chi connectivity index (χ2v) is 7.15. The van der Waals surface area contributed by atoms with Gasteiger partial charge in [-0.1, -0.05) is 48.0 Å². The van der Waals surface area contributed by atoms with E-state index >= 15 is 0 Å². The summed E-state index contributed by atoms with van der Waals surface area (Å²) in [6.07, 6.45) is 1.70. The highest BCUT2D eigenvalue weighted by molar-refractivity contribution is 5.95. The maximum Gasteiger partial charge on any atom is 0.251 e. The highest BCUT2D eigenvalue weighted by Crippen LogP contribution is 2.20. The van der Waals surface area contributed by atoms with Gasteiger partial charge in [-0.15, -0.1) is 0 Å². The van der Waals surface area contributed by atoms with Crippen LogP contribution in [-0.4, -0.2) is 15.9 Å². The van der Waals surface area contributed by atoms with Crippen molar-refractivity contribution in [2.45, 2.75) is 13.5 Å². The average Bonchev–Trinajstić information content (AvgIpc) is 2.79. The first-order valence-corrected chi connectivity index (χ1v) is 9.87. The smallest absolute Gasteiger partial charge is 0.251 e. The molecule has 6 heteroatoms. The maximum absolute atomic E-state index is 13.0. The molecule has 4 rings (SSSR count). The van der Waals surface area contributed by atoms with Crippen LogP contribution in [0.1, 0.15) is 21.5 Å². The van der Waals surface area contributed by atoms with Gasteiger partial charge >= 0.3 is 0 Å². The van der Waals surface area contributed by atoms with E-state index in [1.807, 2.05) is 37.3 Å². The fraction of sp³-hybridized carbons (Fsp3) is 0.0800. The normalized spacial score (nSPS) is 10.5. The van der Waals surface area contributed by atoms with E-state index in [0.717, 1.165) is 16.8 Å². The molecule has 0 spiro atoms. The Bertz CT molecular complexity index is 1190. The predicted octanol–water partition coefficient (Wildman–Crippen LogP) is 5.26. The minimum Gasteiger partial charge on any atom is -0.348 e. The van der Waals surface area contributed by atoms with Crippen LogP contribution in [0.15, 0.2) is 85.1 Å². The summed E-state index contributed by atoms with van der Waals surface area (Å²) < 4.78 is 13.0. The minimum atomic E-state index is -0.302. The fourth-order valence-corrected chi connectivity index (χ4v) is 3.04. The Balaban J connectivity index is 1.44. The minimum absolute atomic E-state index is 0.212. The highest BCUT2D eigenvalue weighted by atomic mass is 19.1. The molecule has 0 atom stereocenters. The lowest BCUT2D eigenvalue weighted by Crippen LogP contribution is -2.22. The van der Waals surface area contributed by atoms with Crippen LogP contribution in [0.2, 0.25) is 0 Å². The molecule has 5 nitrogen and oxygen atoms in total.